The Morgan fingerprint density at radius 1 is 1.20 bits per heavy atom. The first-order valence-corrected chi connectivity index (χ1v) is 8.57. The van der Waals surface area contributed by atoms with Gasteiger partial charge in [0.2, 0.25) is 5.91 Å². The summed E-state index contributed by atoms with van der Waals surface area (Å²) in [6.07, 6.45) is 4.91. The molecule has 0 radical (unpaired) electrons. The van der Waals surface area contributed by atoms with Crippen molar-refractivity contribution in [3.05, 3.63) is 53.3 Å². The monoisotopic (exact) mass is 337 g/mol. The van der Waals surface area contributed by atoms with Crippen molar-refractivity contribution in [1.29, 1.82) is 0 Å². The molecule has 0 spiro atoms. The third-order valence-electron chi connectivity index (χ3n) is 4.80. The van der Waals surface area contributed by atoms with Crippen LogP contribution in [0.1, 0.15) is 34.3 Å². The molecule has 130 valence electrons. The molecule has 0 saturated carbocycles. The summed E-state index contributed by atoms with van der Waals surface area (Å²) in [6.45, 7) is 5.13. The number of carbonyl (C=O) groups excluding carboxylic acids is 2. The number of piperidine rings is 1. The molecule has 2 heterocycles. The summed E-state index contributed by atoms with van der Waals surface area (Å²) in [5.41, 5.74) is 10.3. The maximum atomic E-state index is 12.8. The van der Waals surface area contributed by atoms with Gasteiger partial charge in [0.15, 0.2) is 0 Å². The van der Waals surface area contributed by atoms with Gasteiger partial charge in [-0.15, -0.1) is 0 Å². The van der Waals surface area contributed by atoms with E-state index in [0.717, 1.165) is 35.1 Å². The number of aromatic nitrogens is 1. The minimum atomic E-state index is -0.334. The van der Waals surface area contributed by atoms with Crippen LogP contribution in [0.2, 0.25) is 0 Å². The van der Waals surface area contributed by atoms with Gasteiger partial charge in [0.05, 0.1) is 11.5 Å². The lowest BCUT2D eigenvalue weighted by atomic mass is 9.96. The average Bonchev–Trinajstić information content (AvgIpc) is 2.63. The molecule has 3 rings (SSSR count). The zero-order valence-corrected chi connectivity index (χ0v) is 14.7. The molecule has 1 aliphatic heterocycles. The number of primary amides is 1. The molecule has 0 aliphatic carbocycles. The number of pyridine rings is 1. The summed E-state index contributed by atoms with van der Waals surface area (Å²) in [5.74, 6) is -0.682. The number of hydrogen-bond acceptors (Lipinski definition) is 3. The quantitative estimate of drug-likeness (QED) is 0.935. The average molecular weight is 337 g/mol. The van der Waals surface area contributed by atoms with Crippen molar-refractivity contribution < 1.29 is 9.59 Å². The van der Waals surface area contributed by atoms with E-state index in [1.807, 2.05) is 19.9 Å². The van der Waals surface area contributed by atoms with E-state index < -0.39 is 0 Å². The van der Waals surface area contributed by atoms with Crippen LogP contribution in [0.3, 0.4) is 0 Å². The van der Waals surface area contributed by atoms with Crippen LogP contribution in [0.4, 0.5) is 0 Å². The molecule has 1 aromatic carbocycles. The van der Waals surface area contributed by atoms with Crippen molar-refractivity contribution in [3.8, 4) is 11.1 Å². The Labute approximate surface area is 147 Å². The van der Waals surface area contributed by atoms with Crippen molar-refractivity contribution in [2.45, 2.75) is 26.7 Å². The van der Waals surface area contributed by atoms with Crippen LogP contribution < -0.4 is 5.73 Å². The number of nitrogens with two attached hydrogens (primary N) is 1. The van der Waals surface area contributed by atoms with Crippen LogP contribution in [0.5, 0.6) is 0 Å². The first kappa shape index (κ1) is 17.1. The van der Waals surface area contributed by atoms with Gasteiger partial charge in [0.1, 0.15) is 0 Å². The molecule has 5 nitrogen and oxygen atoms in total. The van der Waals surface area contributed by atoms with Crippen molar-refractivity contribution in [1.82, 2.24) is 9.88 Å². The van der Waals surface area contributed by atoms with Crippen LogP contribution in [0.15, 0.2) is 36.7 Å². The number of benzene rings is 1. The van der Waals surface area contributed by atoms with E-state index >= 15 is 0 Å². The van der Waals surface area contributed by atoms with Crippen molar-refractivity contribution in [3.63, 3.8) is 0 Å². The third-order valence-corrected chi connectivity index (χ3v) is 4.80. The van der Waals surface area contributed by atoms with Gasteiger partial charge in [-0.2, -0.15) is 0 Å². The molecule has 5 heteroatoms. The van der Waals surface area contributed by atoms with Gasteiger partial charge in [0, 0.05) is 31.0 Å². The Balaban J connectivity index is 1.87. The summed E-state index contributed by atoms with van der Waals surface area (Å²) in [5, 5.41) is 0. The highest BCUT2D eigenvalue weighted by molar-refractivity contribution is 5.95. The molecule has 2 N–H and O–H groups in total. The molecular weight excluding hydrogens is 314 g/mol. The van der Waals surface area contributed by atoms with E-state index in [1.165, 1.54) is 0 Å². The second kappa shape index (κ2) is 7.05. The van der Waals surface area contributed by atoms with Gasteiger partial charge in [-0.1, -0.05) is 23.8 Å². The first-order chi connectivity index (χ1) is 12.0. The van der Waals surface area contributed by atoms with Gasteiger partial charge in [-0.3, -0.25) is 14.6 Å². The maximum Gasteiger partial charge on any atom is 0.255 e. The Morgan fingerprint density at radius 2 is 2.00 bits per heavy atom. The molecule has 1 aromatic heterocycles. The van der Waals surface area contributed by atoms with E-state index in [1.54, 1.807) is 17.3 Å². The van der Waals surface area contributed by atoms with Gasteiger partial charge >= 0.3 is 0 Å². The summed E-state index contributed by atoms with van der Waals surface area (Å²) < 4.78 is 0. The number of hydrogen-bond donors (Lipinski definition) is 1. The number of carbonyl (C=O) groups is 2. The van der Waals surface area contributed by atoms with Crippen LogP contribution in [-0.4, -0.2) is 34.8 Å². The predicted octanol–water partition coefficient (Wildman–Crippen LogP) is 2.70. The summed E-state index contributed by atoms with van der Waals surface area (Å²) in [4.78, 5) is 30.3. The number of aryl methyl sites for hydroxylation is 2. The lowest BCUT2D eigenvalue weighted by Gasteiger charge is -2.31. The SMILES string of the molecule is Cc1ccc(C)c(-c2cncc(C(=O)N3CCCC(C(N)=O)C3)c2)c1. The fraction of sp³-hybridized carbons (Fsp3) is 0.350. The van der Waals surface area contributed by atoms with Crippen molar-refractivity contribution >= 4 is 11.8 Å². The second-order valence-electron chi connectivity index (χ2n) is 6.77. The predicted molar refractivity (Wildman–Crippen MR) is 97.0 cm³/mol. The molecule has 1 saturated heterocycles. The standard InChI is InChI=1S/C20H23N3O2/c1-13-5-6-14(2)18(8-13)16-9-17(11-22-10-16)20(25)23-7-3-4-15(12-23)19(21)24/h5-6,8-11,15H,3-4,7,12H2,1-2H3,(H2,21,24). The Morgan fingerprint density at radius 3 is 2.76 bits per heavy atom. The highest BCUT2D eigenvalue weighted by Crippen LogP contribution is 2.25. The summed E-state index contributed by atoms with van der Waals surface area (Å²) in [6, 6.07) is 8.12. The molecule has 0 bridgehead atoms. The molecular formula is C20H23N3O2. The molecule has 1 fully saturated rings. The highest BCUT2D eigenvalue weighted by Gasteiger charge is 2.27. The zero-order chi connectivity index (χ0) is 18.0. The van der Waals surface area contributed by atoms with Gasteiger partial charge in [-0.05, 0) is 43.9 Å². The minimum Gasteiger partial charge on any atom is -0.369 e. The Hall–Kier alpha value is -2.69. The van der Waals surface area contributed by atoms with E-state index in [0.29, 0.717) is 18.7 Å². The van der Waals surface area contributed by atoms with E-state index in [4.69, 9.17) is 5.73 Å². The van der Waals surface area contributed by atoms with E-state index in [9.17, 15) is 9.59 Å². The largest absolute Gasteiger partial charge is 0.369 e. The third kappa shape index (κ3) is 3.71. The molecule has 1 unspecified atom stereocenters. The second-order valence-corrected chi connectivity index (χ2v) is 6.77. The van der Waals surface area contributed by atoms with Crippen LogP contribution in [0.25, 0.3) is 11.1 Å². The zero-order valence-electron chi connectivity index (χ0n) is 14.7. The summed E-state index contributed by atoms with van der Waals surface area (Å²) >= 11 is 0. The van der Waals surface area contributed by atoms with Crippen molar-refractivity contribution in [2.75, 3.05) is 13.1 Å². The van der Waals surface area contributed by atoms with Crippen molar-refractivity contribution in [2.24, 2.45) is 11.7 Å². The molecule has 25 heavy (non-hydrogen) atoms. The van der Waals surface area contributed by atoms with Crippen LogP contribution in [0, 0.1) is 19.8 Å². The van der Waals surface area contributed by atoms with Crippen LogP contribution in [-0.2, 0) is 4.79 Å². The molecule has 2 aromatic rings. The lowest BCUT2D eigenvalue weighted by Crippen LogP contribution is -2.44. The first-order valence-electron chi connectivity index (χ1n) is 8.57. The van der Waals surface area contributed by atoms with Gasteiger partial charge in [0.25, 0.3) is 5.91 Å². The Kier molecular flexibility index (Phi) is 4.83. The highest BCUT2D eigenvalue weighted by atomic mass is 16.2. The van der Waals surface area contributed by atoms with Crippen LogP contribution >= 0.6 is 0 Å². The fourth-order valence-electron chi connectivity index (χ4n) is 3.33. The van der Waals surface area contributed by atoms with Gasteiger partial charge < -0.3 is 10.6 Å². The molecule has 2 amide bonds. The normalized spacial score (nSPS) is 17.4. The number of rotatable bonds is 3. The summed E-state index contributed by atoms with van der Waals surface area (Å²) in [7, 11) is 0. The number of nitrogens with zero attached hydrogens (tertiary/aromatic N) is 2. The van der Waals surface area contributed by atoms with E-state index in [-0.39, 0.29) is 17.7 Å². The van der Waals surface area contributed by atoms with Gasteiger partial charge in [-0.25, -0.2) is 0 Å². The smallest absolute Gasteiger partial charge is 0.255 e. The fourth-order valence-corrected chi connectivity index (χ4v) is 3.33. The topological polar surface area (TPSA) is 76.3 Å². The minimum absolute atomic E-state index is 0.0920. The maximum absolute atomic E-state index is 12.8. The number of likely N-dealkylation sites (tertiary alicyclic amines) is 1. The van der Waals surface area contributed by atoms with E-state index in [2.05, 4.69) is 23.2 Å². The Bertz CT molecular complexity index is 816. The number of amides is 2. The molecule has 1 aliphatic rings. The molecule has 1 atom stereocenters. The lowest BCUT2D eigenvalue weighted by molar-refractivity contribution is -0.123.